The van der Waals surface area contributed by atoms with E-state index < -0.39 is 12.0 Å². The highest BCUT2D eigenvalue weighted by Gasteiger charge is 2.22. The van der Waals surface area contributed by atoms with Gasteiger partial charge in [0.2, 0.25) is 0 Å². The topological polar surface area (TPSA) is 67.8 Å². The number of carboxylic acids is 1. The Bertz CT molecular complexity index is 426. The van der Waals surface area contributed by atoms with Crippen LogP contribution in [0.2, 0.25) is 0 Å². The summed E-state index contributed by atoms with van der Waals surface area (Å²) in [7, 11) is 1.64. The summed E-state index contributed by atoms with van der Waals surface area (Å²) in [5.41, 5.74) is 1.77. The molecule has 110 valence electrons. The fraction of sp³-hybridized carbons (Fsp3) is 0.533. The number of rotatable bonds is 7. The van der Waals surface area contributed by atoms with Gasteiger partial charge in [-0.1, -0.05) is 24.3 Å². The van der Waals surface area contributed by atoms with Gasteiger partial charge in [-0.2, -0.15) is 0 Å². The zero-order chi connectivity index (χ0) is 14.4. The second kappa shape index (κ2) is 7.38. The molecule has 2 unspecified atom stereocenters. The molecule has 0 saturated carbocycles. The Morgan fingerprint density at radius 3 is 2.80 bits per heavy atom. The summed E-state index contributed by atoms with van der Waals surface area (Å²) in [5.74, 6) is -0.873. The van der Waals surface area contributed by atoms with E-state index in [2.05, 4.69) is 5.32 Å². The Morgan fingerprint density at radius 1 is 1.50 bits per heavy atom. The SMILES string of the molecule is COCc1ccc(C(NCC2CCCO2)C(=O)O)cc1. The summed E-state index contributed by atoms with van der Waals surface area (Å²) in [6.07, 6.45) is 2.17. The monoisotopic (exact) mass is 279 g/mol. The Balaban J connectivity index is 1.97. The maximum atomic E-state index is 11.4. The molecule has 1 fully saturated rings. The summed E-state index contributed by atoms with van der Waals surface area (Å²) < 4.78 is 10.5. The largest absolute Gasteiger partial charge is 0.480 e. The average Bonchev–Trinajstić information content (AvgIpc) is 2.94. The Labute approximate surface area is 118 Å². The van der Waals surface area contributed by atoms with E-state index in [1.54, 1.807) is 7.11 Å². The lowest BCUT2D eigenvalue weighted by atomic mass is 10.0. The minimum atomic E-state index is -0.873. The maximum Gasteiger partial charge on any atom is 0.325 e. The van der Waals surface area contributed by atoms with E-state index >= 15 is 0 Å². The summed E-state index contributed by atoms with van der Waals surface area (Å²) in [5, 5.41) is 12.4. The molecule has 2 N–H and O–H groups in total. The fourth-order valence-corrected chi connectivity index (χ4v) is 2.38. The normalized spacial score (nSPS) is 19.9. The van der Waals surface area contributed by atoms with Crippen LogP contribution in [-0.4, -0.2) is 37.4 Å². The molecular formula is C15H21NO4. The number of methoxy groups -OCH3 is 1. The first-order valence-electron chi connectivity index (χ1n) is 6.86. The van der Waals surface area contributed by atoms with Gasteiger partial charge >= 0.3 is 5.97 Å². The highest BCUT2D eigenvalue weighted by Crippen LogP contribution is 2.17. The van der Waals surface area contributed by atoms with E-state index in [0.717, 1.165) is 30.6 Å². The quantitative estimate of drug-likeness (QED) is 0.795. The van der Waals surface area contributed by atoms with Crippen LogP contribution in [0, 0.1) is 0 Å². The van der Waals surface area contributed by atoms with Crippen LogP contribution in [0.4, 0.5) is 0 Å². The van der Waals surface area contributed by atoms with E-state index in [0.29, 0.717) is 13.2 Å². The number of ether oxygens (including phenoxy) is 2. The van der Waals surface area contributed by atoms with Crippen molar-refractivity contribution < 1.29 is 19.4 Å². The van der Waals surface area contributed by atoms with Crippen molar-refractivity contribution in [1.82, 2.24) is 5.32 Å². The molecule has 1 aliphatic heterocycles. The van der Waals surface area contributed by atoms with E-state index in [1.807, 2.05) is 24.3 Å². The molecule has 1 aromatic rings. The van der Waals surface area contributed by atoms with Gasteiger partial charge in [0.25, 0.3) is 0 Å². The molecule has 5 nitrogen and oxygen atoms in total. The zero-order valence-electron chi connectivity index (χ0n) is 11.7. The molecule has 2 rings (SSSR count). The Hall–Kier alpha value is -1.43. The van der Waals surface area contributed by atoms with Gasteiger partial charge in [0.15, 0.2) is 0 Å². The van der Waals surface area contributed by atoms with Crippen molar-refractivity contribution >= 4 is 5.97 Å². The van der Waals surface area contributed by atoms with E-state index in [-0.39, 0.29) is 6.10 Å². The van der Waals surface area contributed by atoms with Crippen LogP contribution in [0.5, 0.6) is 0 Å². The van der Waals surface area contributed by atoms with Gasteiger partial charge in [-0.25, -0.2) is 0 Å². The van der Waals surface area contributed by atoms with Crippen molar-refractivity contribution in [3.8, 4) is 0 Å². The third-order valence-electron chi connectivity index (χ3n) is 3.44. The van der Waals surface area contributed by atoms with Crippen molar-refractivity contribution in [1.29, 1.82) is 0 Å². The molecule has 20 heavy (non-hydrogen) atoms. The minimum absolute atomic E-state index is 0.129. The molecule has 0 aromatic heterocycles. The lowest BCUT2D eigenvalue weighted by molar-refractivity contribution is -0.139. The molecule has 0 aliphatic carbocycles. The van der Waals surface area contributed by atoms with Crippen LogP contribution in [-0.2, 0) is 20.9 Å². The highest BCUT2D eigenvalue weighted by atomic mass is 16.5. The molecule has 0 bridgehead atoms. The van der Waals surface area contributed by atoms with Crippen molar-refractivity contribution in [2.45, 2.75) is 31.6 Å². The predicted octanol–water partition coefficient (Wildman–Crippen LogP) is 1.73. The van der Waals surface area contributed by atoms with E-state index in [4.69, 9.17) is 9.47 Å². The third-order valence-corrected chi connectivity index (χ3v) is 3.44. The number of nitrogens with one attached hydrogen (secondary N) is 1. The van der Waals surface area contributed by atoms with E-state index in [9.17, 15) is 9.90 Å². The Morgan fingerprint density at radius 2 is 2.25 bits per heavy atom. The lowest BCUT2D eigenvalue weighted by Gasteiger charge is -2.18. The number of carboxylic acid groups (broad SMARTS) is 1. The first-order valence-corrected chi connectivity index (χ1v) is 6.86. The van der Waals surface area contributed by atoms with Crippen LogP contribution in [0.25, 0.3) is 0 Å². The van der Waals surface area contributed by atoms with E-state index in [1.165, 1.54) is 0 Å². The number of benzene rings is 1. The van der Waals surface area contributed by atoms with Gasteiger partial charge in [0, 0.05) is 20.3 Å². The van der Waals surface area contributed by atoms with Gasteiger partial charge < -0.3 is 14.6 Å². The van der Waals surface area contributed by atoms with Crippen molar-refractivity contribution in [2.24, 2.45) is 0 Å². The van der Waals surface area contributed by atoms with Gasteiger partial charge in [-0.3, -0.25) is 10.1 Å². The summed E-state index contributed by atoms with van der Waals surface area (Å²) in [6, 6.07) is 6.74. The smallest absolute Gasteiger partial charge is 0.325 e. The van der Waals surface area contributed by atoms with Crippen molar-refractivity contribution in [3.63, 3.8) is 0 Å². The molecule has 5 heteroatoms. The van der Waals surface area contributed by atoms with Gasteiger partial charge in [-0.05, 0) is 24.0 Å². The van der Waals surface area contributed by atoms with Crippen LogP contribution < -0.4 is 5.32 Å². The molecular weight excluding hydrogens is 258 g/mol. The first kappa shape index (κ1) is 15.0. The lowest BCUT2D eigenvalue weighted by Crippen LogP contribution is -2.34. The summed E-state index contributed by atoms with van der Waals surface area (Å²) in [4.78, 5) is 11.4. The molecule has 0 amide bonds. The molecule has 1 saturated heterocycles. The van der Waals surface area contributed by atoms with Crippen LogP contribution in [0.3, 0.4) is 0 Å². The Kier molecular flexibility index (Phi) is 5.52. The standard InChI is InChI=1S/C15H21NO4/c1-19-10-11-4-6-12(7-5-11)14(15(17)18)16-9-13-3-2-8-20-13/h4-7,13-14,16H,2-3,8-10H2,1H3,(H,17,18). The van der Waals surface area contributed by atoms with Crippen molar-refractivity contribution in [3.05, 3.63) is 35.4 Å². The first-order chi connectivity index (χ1) is 9.70. The van der Waals surface area contributed by atoms with Crippen LogP contribution in [0.1, 0.15) is 30.0 Å². The minimum Gasteiger partial charge on any atom is -0.480 e. The zero-order valence-corrected chi connectivity index (χ0v) is 11.7. The number of hydrogen-bond acceptors (Lipinski definition) is 4. The average molecular weight is 279 g/mol. The number of aliphatic carboxylic acids is 1. The van der Waals surface area contributed by atoms with Gasteiger partial charge in [0.1, 0.15) is 6.04 Å². The third kappa shape index (κ3) is 4.03. The van der Waals surface area contributed by atoms with Crippen LogP contribution in [0.15, 0.2) is 24.3 Å². The molecule has 0 spiro atoms. The second-order valence-corrected chi connectivity index (χ2v) is 4.99. The molecule has 1 aromatic carbocycles. The molecule has 1 aliphatic rings. The molecule has 0 radical (unpaired) electrons. The van der Waals surface area contributed by atoms with Crippen molar-refractivity contribution in [2.75, 3.05) is 20.3 Å². The fourth-order valence-electron chi connectivity index (χ4n) is 2.38. The van der Waals surface area contributed by atoms with Gasteiger partial charge in [0.05, 0.1) is 12.7 Å². The second-order valence-electron chi connectivity index (χ2n) is 4.99. The maximum absolute atomic E-state index is 11.4. The number of carbonyl (C=O) groups is 1. The number of hydrogen-bond donors (Lipinski definition) is 2. The predicted molar refractivity (Wildman–Crippen MR) is 74.5 cm³/mol. The van der Waals surface area contributed by atoms with Gasteiger partial charge in [-0.15, -0.1) is 0 Å². The highest BCUT2D eigenvalue weighted by molar-refractivity contribution is 5.75. The summed E-state index contributed by atoms with van der Waals surface area (Å²) in [6.45, 7) is 1.87. The molecule has 2 atom stereocenters. The summed E-state index contributed by atoms with van der Waals surface area (Å²) >= 11 is 0. The van der Waals surface area contributed by atoms with Crippen LogP contribution >= 0.6 is 0 Å². The molecule has 1 heterocycles.